The third-order valence-corrected chi connectivity index (χ3v) is 3.19. The van der Waals surface area contributed by atoms with Crippen molar-refractivity contribution in [3.63, 3.8) is 0 Å². The molecule has 0 radical (unpaired) electrons. The number of nitrogens with zero attached hydrogens (tertiary/aromatic N) is 1. The minimum Gasteiger partial charge on any atom is -0.298 e. The zero-order valence-corrected chi connectivity index (χ0v) is 10.9. The number of hydrogen-bond donors (Lipinski definition) is 0. The van der Waals surface area contributed by atoms with Crippen molar-refractivity contribution < 1.29 is 4.79 Å². The fourth-order valence-corrected chi connectivity index (χ4v) is 2.14. The Hall–Kier alpha value is -2.74. The van der Waals surface area contributed by atoms with Crippen molar-refractivity contribution >= 4 is 6.29 Å². The average Bonchev–Trinajstić information content (AvgIpc) is 2.56. The number of carbonyl (C=O) groups excluding carboxylic acids is 1. The Kier molecular flexibility index (Phi) is 3.38. The molecular formula is C18H13NO. The van der Waals surface area contributed by atoms with Crippen LogP contribution in [0, 0.1) is 0 Å². The molecule has 2 aromatic carbocycles. The van der Waals surface area contributed by atoms with Crippen molar-refractivity contribution in [3.05, 3.63) is 78.5 Å². The number of aromatic nitrogens is 1. The summed E-state index contributed by atoms with van der Waals surface area (Å²) in [5.41, 5.74) is 4.73. The number of rotatable bonds is 3. The molecule has 0 aliphatic rings. The summed E-state index contributed by atoms with van der Waals surface area (Å²) in [5, 5.41) is 0. The second-order valence-electron chi connectivity index (χ2n) is 4.54. The molecule has 3 aromatic rings. The van der Waals surface area contributed by atoms with Gasteiger partial charge in [-0.05, 0) is 17.7 Å². The van der Waals surface area contributed by atoms with E-state index in [1.54, 1.807) is 6.07 Å². The molecule has 0 amide bonds. The molecule has 0 N–H and O–H groups in total. The van der Waals surface area contributed by atoms with E-state index in [0.717, 1.165) is 28.7 Å². The monoisotopic (exact) mass is 259 g/mol. The lowest BCUT2D eigenvalue weighted by molar-refractivity contribution is 0.112. The Morgan fingerprint density at radius 1 is 0.750 bits per heavy atom. The van der Waals surface area contributed by atoms with Gasteiger partial charge in [0.15, 0.2) is 0 Å². The number of carbonyl (C=O) groups is 1. The Morgan fingerprint density at radius 2 is 1.55 bits per heavy atom. The van der Waals surface area contributed by atoms with E-state index in [1.165, 1.54) is 0 Å². The van der Waals surface area contributed by atoms with Gasteiger partial charge in [0.2, 0.25) is 0 Å². The van der Waals surface area contributed by atoms with Gasteiger partial charge in [0.25, 0.3) is 0 Å². The summed E-state index contributed by atoms with van der Waals surface area (Å²) >= 11 is 0. The van der Waals surface area contributed by atoms with Gasteiger partial charge in [-0.15, -0.1) is 0 Å². The lowest BCUT2D eigenvalue weighted by Crippen LogP contribution is -1.86. The minimum atomic E-state index is 0.676. The van der Waals surface area contributed by atoms with E-state index in [-0.39, 0.29) is 0 Å². The van der Waals surface area contributed by atoms with Crippen LogP contribution in [0.4, 0.5) is 0 Å². The van der Waals surface area contributed by atoms with Gasteiger partial charge < -0.3 is 0 Å². The molecule has 96 valence electrons. The summed E-state index contributed by atoms with van der Waals surface area (Å²) in [7, 11) is 0. The molecule has 0 unspecified atom stereocenters. The summed E-state index contributed by atoms with van der Waals surface area (Å²) in [6.07, 6.45) is 2.70. The van der Waals surface area contributed by atoms with Crippen LogP contribution in [0.3, 0.4) is 0 Å². The number of benzene rings is 2. The van der Waals surface area contributed by atoms with Crippen LogP contribution in [-0.4, -0.2) is 11.3 Å². The van der Waals surface area contributed by atoms with Crippen LogP contribution in [0.2, 0.25) is 0 Å². The normalized spacial score (nSPS) is 10.2. The van der Waals surface area contributed by atoms with E-state index in [4.69, 9.17) is 0 Å². The highest BCUT2D eigenvalue weighted by Crippen LogP contribution is 2.22. The molecule has 1 heterocycles. The van der Waals surface area contributed by atoms with Crippen LogP contribution in [0.1, 0.15) is 10.4 Å². The summed E-state index contributed by atoms with van der Waals surface area (Å²) in [5.74, 6) is 0. The largest absolute Gasteiger partial charge is 0.298 e. The molecule has 0 aliphatic carbocycles. The van der Waals surface area contributed by atoms with E-state index < -0.39 is 0 Å². The molecule has 0 fully saturated rings. The smallest absolute Gasteiger partial charge is 0.150 e. The van der Waals surface area contributed by atoms with Crippen LogP contribution >= 0.6 is 0 Å². The predicted molar refractivity (Wildman–Crippen MR) is 80.5 cm³/mol. The summed E-state index contributed by atoms with van der Waals surface area (Å²) < 4.78 is 0. The molecule has 0 bridgehead atoms. The predicted octanol–water partition coefficient (Wildman–Crippen LogP) is 4.23. The zero-order chi connectivity index (χ0) is 13.8. The van der Waals surface area contributed by atoms with Gasteiger partial charge in [-0.2, -0.15) is 0 Å². The molecule has 0 saturated heterocycles. The molecule has 0 saturated carbocycles. The van der Waals surface area contributed by atoms with E-state index in [0.29, 0.717) is 5.56 Å². The molecular weight excluding hydrogens is 246 g/mol. The number of pyridine rings is 1. The Morgan fingerprint density at radius 3 is 2.25 bits per heavy atom. The molecule has 0 atom stereocenters. The molecule has 0 aliphatic heterocycles. The number of hydrogen-bond acceptors (Lipinski definition) is 2. The fourth-order valence-electron chi connectivity index (χ4n) is 2.14. The van der Waals surface area contributed by atoms with E-state index >= 15 is 0 Å². The topological polar surface area (TPSA) is 30.0 Å². The van der Waals surface area contributed by atoms with Crippen molar-refractivity contribution in [1.29, 1.82) is 0 Å². The Balaban J connectivity index is 1.95. The lowest BCUT2D eigenvalue weighted by atomic mass is 10.0. The van der Waals surface area contributed by atoms with Gasteiger partial charge in [-0.3, -0.25) is 9.78 Å². The highest BCUT2D eigenvalue weighted by Gasteiger charge is 2.02. The molecule has 2 heteroatoms. The van der Waals surface area contributed by atoms with Gasteiger partial charge in [0.05, 0.1) is 5.69 Å². The van der Waals surface area contributed by atoms with Crippen LogP contribution in [0.15, 0.2) is 72.9 Å². The van der Waals surface area contributed by atoms with Crippen molar-refractivity contribution in [3.8, 4) is 22.4 Å². The molecule has 1 aromatic heterocycles. The first-order valence-electron chi connectivity index (χ1n) is 6.44. The van der Waals surface area contributed by atoms with Gasteiger partial charge in [-0.25, -0.2) is 0 Å². The Labute approximate surface area is 117 Å². The highest BCUT2D eigenvalue weighted by atomic mass is 16.1. The van der Waals surface area contributed by atoms with Crippen LogP contribution in [0.5, 0.6) is 0 Å². The summed E-state index contributed by atoms with van der Waals surface area (Å²) in [4.78, 5) is 15.3. The number of aldehydes is 1. The first-order valence-corrected chi connectivity index (χ1v) is 6.44. The maximum Gasteiger partial charge on any atom is 0.150 e. The standard InChI is InChI=1S/C18H13NO/c20-13-14-5-4-8-16(11-14)17-9-10-18(19-12-17)15-6-2-1-3-7-15/h1-13H. The van der Waals surface area contributed by atoms with Crippen molar-refractivity contribution in [2.45, 2.75) is 0 Å². The van der Waals surface area contributed by atoms with Crippen LogP contribution < -0.4 is 0 Å². The van der Waals surface area contributed by atoms with Crippen molar-refractivity contribution in [2.24, 2.45) is 0 Å². The van der Waals surface area contributed by atoms with Crippen LogP contribution in [0.25, 0.3) is 22.4 Å². The molecule has 3 rings (SSSR count). The third kappa shape index (κ3) is 2.50. The van der Waals surface area contributed by atoms with Crippen molar-refractivity contribution in [2.75, 3.05) is 0 Å². The molecule has 2 nitrogen and oxygen atoms in total. The minimum absolute atomic E-state index is 0.676. The average molecular weight is 259 g/mol. The van der Waals surface area contributed by atoms with Gasteiger partial charge in [0.1, 0.15) is 6.29 Å². The zero-order valence-electron chi connectivity index (χ0n) is 10.9. The Bertz CT molecular complexity index is 718. The first-order chi connectivity index (χ1) is 9.86. The first kappa shape index (κ1) is 12.3. The highest BCUT2D eigenvalue weighted by molar-refractivity contribution is 5.79. The van der Waals surface area contributed by atoms with E-state index in [2.05, 4.69) is 4.98 Å². The van der Waals surface area contributed by atoms with Gasteiger partial charge >= 0.3 is 0 Å². The maximum atomic E-state index is 10.8. The SMILES string of the molecule is O=Cc1cccc(-c2ccc(-c3ccccc3)nc2)c1. The molecule has 20 heavy (non-hydrogen) atoms. The van der Waals surface area contributed by atoms with E-state index in [1.807, 2.05) is 66.9 Å². The quantitative estimate of drug-likeness (QED) is 0.659. The maximum absolute atomic E-state index is 10.8. The third-order valence-electron chi connectivity index (χ3n) is 3.19. The molecule has 0 spiro atoms. The van der Waals surface area contributed by atoms with Crippen LogP contribution in [-0.2, 0) is 0 Å². The second kappa shape index (κ2) is 5.49. The van der Waals surface area contributed by atoms with E-state index in [9.17, 15) is 4.79 Å². The van der Waals surface area contributed by atoms with Gasteiger partial charge in [-0.1, -0.05) is 54.6 Å². The summed E-state index contributed by atoms with van der Waals surface area (Å²) in [6.45, 7) is 0. The van der Waals surface area contributed by atoms with Gasteiger partial charge in [0, 0.05) is 22.9 Å². The summed E-state index contributed by atoms with van der Waals surface area (Å²) in [6, 6.07) is 21.6. The van der Waals surface area contributed by atoms with Crippen molar-refractivity contribution in [1.82, 2.24) is 4.98 Å². The second-order valence-corrected chi connectivity index (χ2v) is 4.54. The fraction of sp³-hybridized carbons (Fsp3) is 0. The lowest BCUT2D eigenvalue weighted by Gasteiger charge is -2.04.